The molecule has 3 heteroatoms. The Hall–Kier alpha value is -1.77. The summed E-state index contributed by atoms with van der Waals surface area (Å²) in [7, 11) is 0. The number of imidazole rings is 1. The molecule has 0 unspecified atom stereocenters. The number of rotatable bonds is 0. The number of nitrogens with zero attached hydrogens (tertiary/aromatic N) is 2. The zero-order chi connectivity index (χ0) is 11.1. The van der Waals surface area contributed by atoms with Gasteiger partial charge in [-0.3, -0.25) is 0 Å². The third kappa shape index (κ3) is 1.40. The molecule has 0 amide bonds. The Morgan fingerprint density at radius 1 is 1.31 bits per heavy atom. The molecule has 1 aliphatic heterocycles. The highest BCUT2D eigenvalue weighted by atomic mass is 16.5. The lowest BCUT2D eigenvalue weighted by atomic mass is 10.1. The monoisotopic (exact) mass is 214 g/mol. The molecule has 82 valence electrons. The molecular formula is C13H14N2O. The van der Waals surface area contributed by atoms with Crippen molar-refractivity contribution >= 4 is 0 Å². The molecule has 3 nitrogen and oxygen atoms in total. The first-order chi connectivity index (χ1) is 7.74. The van der Waals surface area contributed by atoms with E-state index < -0.39 is 0 Å². The summed E-state index contributed by atoms with van der Waals surface area (Å²) < 4.78 is 7.91. The van der Waals surface area contributed by atoms with Gasteiger partial charge in [0.15, 0.2) is 0 Å². The quantitative estimate of drug-likeness (QED) is 0.674. The summed E-state index contributed by atoms with van der Waals surface area (Å²) in [6.07, 6.45) is 2.08. The third-order valence-electron chi connectivity index (χ3n) is 2.86. The third-order valence-corrected chi connectivity index (χ3v) is 2.86. The molecule has 0 saturated carbocycles. The Morgan fingerprint density at radius 3 is 3.06 bits per heavy atom. The van der Waals surface area contributed by atoms with Crippen molar-refractivity contribution in [2.24, 2.45) is 0 Å². The van der Waals surface area contributed by atoms with Crippen LogP contribution in [0.1, 0.15) is 11.3 Å². The number of fused-ring (bicyclic) bond motifs is 3. The molecule has 0 aliphatic carbocycles. The summed E-state index contributed by atoms with van der Waals surface area (Å²) in [5, 5.41) is 0. The first-order valence-corrected chi connectivity index (χ1v) is 5.51. The van der Waals surface area contributed by atoms with Gasteiger partial charge in [-0.15, -0.1) is 0 Å². The zero-order valence-electron chi connectivity index (χ0n) is 9.53. The molecule has 3 rings (SSSR count). The van der Waals surface area contributed by atoms with Crippen LogP contribution in [0.3, 0.4) is 0 Å². The van der Waals surface area contributed by atoms with E-state index in [-0.39, 0.29) is 0 Å². The summed E-state index contributed by atoms with van der Waals surface area (Å²) in [5.41, 5.74) is 3.37. The predicted molar refractivity (Wildman–Crippen MR) is 62.6 cm³/mol. The molecule has 1 aromatic heterocycles. The van der Waals surface area contributed by atoms with Gasteiger partial charge < -0.3 is 9.30 Å². The minimum Gasteiger partial charge on any atom is -0.491 e. The van der Waals surface area contributed by atoms with E-state index in [0.717, 1.165) is 29.4 Å². The topological polar surface area (TPSA) is 27.1 Å². The van der Waals surface area contributed by atoms with Gasteiger partial charge in [0.1, 0.15) is 18.2 Å². The lowest BCUT2D eigenvalue weighted by Crippen LogP contribution is -2.04. The molecule has 1 aliphatic rings. The van der Waals surface area contributed by atoms with E-state index in [9.17, 15) is 0 Å². The first-order valence-electron chi connectivity index (χ1n) is 5.51. The van der Waals surface area contributed by atoms with Gasteiger partial charge in [-0.05, 0) is 31.5 Å². The molecule has 0 bridgehead atoms. The molecule has 2 heterocycles. The number of hydrogen-bond acceptors (Lipinski definition) is 2. The Labute approximate surface area is 94.7 Å². The second-order valence-corrected chi connectivity index (χ2v) is 4.25. The maximum atomic E-state index is 5.75. The predicted octanol–water partition coefficient (Wildman–Crippen LogP) is 2.56. The van der Waals surface area contributed by atoms with Gasteiger partial charge in [0, 0.05) is 6.20 Å². The average molecular weight is 214 g/mol. The molecule has 16 heavy (non-hydrogen) atoms. The standard InChI is InChI=1S/C13H14N2O/c1-9-3-4-11-12(7-9)16-6-5-15-8-10(2)14-13(11)15/h3-4,7-8H,5-6H2,1-2H3. The number of ether oxygens (including phenoxy) is 1. The van der Waals surface area contributed by atoms with Gasteiger partial charge in [-0.2, -0.15) is 0 Å². The fraction of sp³-hybridized carbons (Fsp3) is 0.308. The lowest BCUT2D eigenvalue weighted by Gasteiger charge is -2.06. The van der Waals surface area contributed by atoms with Crippen LogP contribution in [0.5, 0.6) is 5.75 Å². The van der Waals surface area contributed by atoms with E-state index in [1.54, 1.807) is 0 Å². The molecule has 0 spiro atoms. The average Bonchev–Trinajstić information content (AvgIpc) is 2.52. The molecular weight excluding hydrogens is 200 g/mol. The Bertz CT molecular complexity index is 543. The van der Waals surface area contributed by atoms with Crippen molar-refractivity contribution in [2.45, 2.75) is 20.4 Å². The Morgan fingerprint density at radius 2 is 2.19 bits per heavy atom. The van der Waals surface area contributed by atoms with Crippen molar-refractivity contribution in [3.63, 3.8) is 0 Å². The maximum absolute atomic E-state index is 5.75. The van der Waals surface area contributed by atoms with Crippen molar-refractivity contribution in [2.75, 3.05) is 6.61 Å². The zero-order valence-corrected chi connectivity index (χ0v) is 9.53. The SMILES string of the molecule is Cc1ccc2c(c1)OCCn1cc(C)nc1-2. The minimum absolute atomic E-state index is 0.708. The highest BCUT2D eigenvalue weighted by molar-refractivity contribution is 5.66. The van der Waals surface area contributed by atoms with Crippen molar-refractivity contribution in [1.82, 2.24) is 9.55 Å². The van der Waals surface area contributed by atoms with Crippen LogP contribution in [0.25, 0.3) is 11.4 Å². The Kier molecular flexibility index (Phi) is 1.99. The molecule has 2 aromatic rings. The van der Waals surface area contributed by atoms with E-state index in [2.05, 4.69) is 40.9 Å². The fourth-order valence-corrected chi connectivity index (χ4v) is 2.12. The number of aryl methyl sites for hydroxylation is 2. The fourth-order valence-electron chi connectivity index (χ4n) is 2.12. The molecule has 0 radical (unpaired) electrons. The summed E-state index contributed by atoms with van der Waals surface area (Å²) >= 11 is 0. The van der Waals surface area contributed by atoms with Crippen molar-refractivity contribution in [3.8, 4) is 17.1 Å². The van der Waals surface area contributed by atoms with Crippen LogP contribution >= 0.6 is 0 Å². The van der Waals surface area contributed by atoms with Crippen LogP contribution < -0.4 is 4.74 Å². The molecule has 0 saturated heterocycles. The molecule has 0 atom stereocenters. The minimum atomic E-state index is 0.708. The van der Waals surface area contributed by atoms with E-state index >= 15 is 0 Å². The summed E-state index contributed by atoms with van der Waals surface area (Å²) in [4.78, 5) is 4.57. The second kappa shape index (κ2) is 3.37. The van der Waals surface area contributed by atoms with E-state index in [0.29, 0.717) is 6.61 Å². The molecule has 0 N–H and O–H groups in total. The van der Waals surface area contributed by atoms with Gasteiger partial charge in [0.2, 0.25) is 0 Å². The van der Waals surface area contributed by atoms with Gasteiger partial charge in [-0.25, -0.2) is 4.98 Å². The number of aromatic nitrogens is 2. The van der Waals surface area contributed by atoms with Crippen LogP contribution in [0.2, 0.25) is 0 Å². The summed E-state index contributed by atoms with van der Waals surface area (Å²) in [5.74, 6) is 1.97. The van der Waals surface area contributed by atoms with E-state index in [1.807, 2.05) is 6.92 Å². The van der Waals surface area contributed by atoms with E-state index in [4.69, 9.17) is 4.74 Å². The molecule has 1 aromatic carbocycles. The van der Waals surface area contributed by atoms with E-state index in [1.165, 1.54) is 5.56 Å². The highest BCUT2D eigenvalue weighted by Gasteiger charge is 2.16. The van der Waals surface area contributed by atoms with Crippen molar-refractivity contribution < 1.29 is 4.74 Å². The maximum Gasteiger partial charge on any atom is 0.144 e. The van der Waals surface area contributed by atoms with Gasteiger partial charge in [0.25, 0.3) is 0 Å². The second-order valence-electron chi connectivity index (χ2n) is 4.25. The van der Waals surface area contributed by atoms with Crippen LogP contribution in [-0.2, 0) is 6.54 Å². The van der Waals surface area contributed by atoms with Crippen LogP contribution in [0.4, 0.5) is 0 Å². The van der Waals surface area contributed by atoms with Crippen molar-refractivity contribution in [1.29, 1.82) is 0 Å². The first kappa shape index (κ1) is 9.46. The lowest BCUT2D eigenvalue weighted by molar-refractivity contribution is 0.306. The van der Waals surface area contributed by atoms with Crippen LogP contribution in [0.15, 0.2) is 24.4 Å². The largest absolute Gasteiger partial charge is 0.491 e. The normalized spacial score (nSPS) is 13.6. The highest BCUT2D eigenvalue weighted by Crippen LogP contribution is 2.32. The van der Waals surface area contributed by atoms with Gasteiger partial charge >= 0.3 is 0 Å². The van der Waals surface area contributed by atoms with Crippen LogP contribution in [-0.4, -0.2) is 16.2 Å². The summed E-state index contributed by atoms with van der Waals surface area (Å²) in [6, 6.07) is 6.27. The van der Waals surface area contributed by atoms with Crippen LogP contribution in [0, 0.1) is 13.8 Å². The molecule has 0 fully saturated rings. The number of hydrogen-bond donors (Lipinski definition) is 0. The number of benzene rings is 1. The Balaban J connectivity index is 2.24. The van der Waals surface area contributed by atoms with Gasteiger partial charge in [0.05, 0.1) is 17.8 Å². The smallest absolute Gasteiger partial charge is 0.144 e. The summed E-state index contributed by atoms with van der Waals surface area (Å²) in [6.45, 7) is 5.67. The van der Waals surface area contributed by atoms with Crippen molar-refractivity contribution in [3.05, 3.63) is 35.7 Å². The van der Waals surface area contributed by atoms with Gasteiger partial charge in [-0.1, -0.05) is 6.07 Å².